The number of fused-ring (bicyclic) bond motifs is 1. The first-order chi connectivity index (χ1) is 13.9. The minimum absolute atomic E-state index is 0.0363. The minimum Gasteiger partial charge on any atom is -0.454 e. The SMILES string of the molecule is COC[C@H](C)n1c(C)cc(/C=C(\C#N)C(=O)OCc2nc3ccccc3s2)c1C. The molecule has 0 bridgehead atoms. The summed E-state index contributed by atoms with van der Waals surface area (Å²) in [7, 11) is 1.67. The van der Waals surface area contributed by atoms with E-state index < -0.39 is 5.97 Å². The number of para-hydroxylation sites is 1. The molecule has 0 fully saturated rings. The summed E-state index contributed by atoms with van der Waals surface area (Å²) in [5, 5.41) is 10.2. The van der Waals surface area contributed by atoms with E-state index in [4.69, 9.17) is 9.47 Å². The van der Waals surface area contributed by atoms with E-state index in [1.807, 2.05) is 50.2 Å². The summed E-state index contributed by atoms with van der Waals surface area (Å²) in [5.41, 5.74) is 3.67. The maximum atomic E-state index is 12.4. The van der Waals surface area contributed by atoms with Gasteiger partial charge in [0.25, 0.3) is 0 Å². The first-order valence-electron chi connectivity index (χ1n) is 9.25. The van der Waals surface area contributed by atoms with Crippen molar-refractivity contribution in [3.05, 3.63) is 57.9 Å². The van der Waals surface area contributed by atoms with Gasteiger partial charge >= 0.3 is 5.97 Å². The van der Waals surface area contributed by atoms with Crippen molar-refractivity contribution in [3.8, 4) is 6.07 Å². The Balaban J connectivity index is 1.76. The number of benzene rings is 1. The number of thiazole rings is 1. The van der Waals surface area contributed by atoms with E-state index >= 15 is 0 Å². The van der Waals surface area contributed by atoms with Crippen molar-refractivity contribution in [2.75, 3.05) is 13.7 Å². The number of carbonyl (C=O) groups is 1. The Hall–Kier alpha value is -2.95. The van der Waals surface area contributed by atoms with Crippen molar-refractivity contribution in [2.45, 2.75) is 33.4 Å². The number of hydrogen-bond acceptors (Lipinski definition) is 6. The van der Waals surface area contributed by atoms with E-state index in [0.29, 0.717) is 11.6 Å². The van der Waals surface area contributed by atoms with Crippen LogP contribution in [0.25, 0.3) is 16.3 Å². The highest BCUT2D eigenvalue weighted by molar-refractivity contribution is 7.18. The third-order valence-electron chi connectivity index (χ3n) is 4.68. The van der Waals surface area contributed by atoms with Crippen molar-refractivity contribution in [3.63, 3.8) is 0 Å². The second kappa shape index (κ2) is 9.03. The fourth-order valence-corrected chi connectivity index (χ4v) is 4.30. The largest absolute Gasteiger partial charge is 0.454 e. The minimum atomic E-state index is -0.651. The molecule has 1 aromatic carbocycles. The molecule has 0 spiro atoms. The fraction of sp³-hybridized carbons (Fsp3) is 0.318. The third-order valence-corrected chi connectivity index (χ3v) is 5.69. The van der Waals surface area contributed by atoms with Crippen LogP contribution in [0.3, 0.4) is 0 Å². The van der Waals surface area contributed by atoms with Crippen molar-refractivity contribution in [1.82, 2.24) is 9.55 Å². The van der Waals surface area contributed by atoms with Crippen molar-refractivity contribution in [1.29, 1.82) is 5.26 Å². The Morgan fingerprint density at radius 3 is 2.83 bits per heavy atom. The van der Waals surface area contributed by atoms with Gasteiger partial charge in [0, 0.05) is 18.5 Å². The van der Waals surface area contributed by atoms with Gasteiger partial charge < -0.3 is 14.0 Å². The molecular formula is C22H23N3O3S. The summed E-state index contributed by atoms with van der Waals surface area (Å²) in [4.78, 5) is 16.9. The molecule has 3 aromatic rings. The van der Waals surface area contributed by atoms with Gasteiger partial charge in [-0.2, -0.15) is 5.26 Å². The standard InChI is InChI=1S/C22H23N3O3S/c1-14-9-17(16(3)25(14)15(2)12-27-4)10-18(11-23)22(26)28-13-21-24-19-7-5-6-8-20(19)29-21/h5-10,15H,12-13H2,1-4H3/b18-10+/t15-/m0/s1. The molecule has 2 aromatic heterocycles. The van der Waals surface area contributed by atoms with Crippen LogP contribution in [0.2, 0.25) is 0 Å². The summed E-state index contributed by atoms with van der Waals surface area (Å²) in [6.45, 7) is 6.64. The van der Waals surface area contributed by atoms with Crippen LogP contribution in [0, 0.1) is 25.2 Å². The summed E-state index contributed by atoms with van der Waals surface area (Å²) in [6, 6.07) is 11.8. The van der Waals surface area contributed by atoms with E-state index in [0.717, 1.165) is 27.2 Å². The zero-order valence-electron chi connectivity index (χ0n) is 16.9. The van der Waals surface area contributed by atoms with Gasteiger partial charge in [-0.05, 0) is 50.6 Å². The Labute approximate surface area is 174 Å². The van der Waals surface area contributed by atoms with Gasteiger partial charge in [0.2, 0.25) is 0 Å². The summed E-state index contributed by atoms with van der Waals surface area (Å²) in [5.74, 6) is -0.651. The van der Waals surface area contributed by atoms with Crippen LogP contribution in [-0.2, 0) is 20.9 Å². The first-order valence-corrected chi connectivity index (χ1v) is 10.1. The predicted octanol–water partition coefficient (Wildman–Crippen LogP) is 4.57. The number of aromatic nitrogens is 2. The fourth-order valence-electron chi connectivity index (χ4n) is 3.42. The number of carbonyl (C=O) groups excluding carboxylic acids is 1. The zero-order valence-corrected chi connectivity index (χ0v) is 17.7. The summed E-state index contributed by atoms with van der Waals surface area (Å²) < 4.78 is 13.8. The van der Waals surface area contributed by atoms with Crippen LogP contribution < -0.4 is 0 Å². The maximum absolute atomic E-state index is 12.4. The smallest absolute Gasteiger partial charge is 0.349 e. The normalized spacial score (nSPS) is 12.7. The Bertz CT molecular complexity index is 1070. The molecule has 0 saturated carbocycles. The monoisotopic (exact) mass is 409 g/mol. The lowest BCUT2D eigenvalue weighted by molar-refractivity contribution is -0.139. The van der Waals surface area contributed by atoms with Gasteiger partial charge in [0.15, 0.2) is 0 Å². The maximum Gasteiger partial charge on any atom is 0.349 e. The van der Waals surface area contributed by atoms with Crippen LogP contribution in [0.15, 0.2) is 35.9 Å². The molecule has 0 aliphatic heterocycles. The number of nitrogens with zero attached hydrogens (tertiary/aromatic N) is 3. The number of ether oxygens (including phenoxy) is 2. The van der Waals surface area contributed by atoms with Crippen LogP contribution in [0.1, 0.15) is 34.9 Å². The lowest BCUT2D eigenvalue weighted by Crippen LogP contribution is -2.13. The van der Waals surface area contributed by atoms with Crippen LogP contribution in [-0.4, -0.2) is 29.2 Å². The molecule has 0 aliphatic carbocycles. The van der Waals surface area contributed by atoms with E-state index in [1.165, 1.54) is 11.3 Å². The van der Waals surface area contributed by atoms with Crippen molar-refractivity contribution >= 4 is 33.6 Å². The highest BCUT2D eigenvalue weighted by atomic mass is 32.1. The predicted molar refractivity (Wildman–Crippen MR) is 113 cm³/mol. The van der Waals surface area contributed by atoms with E-state index in [2.05, 4.69) is 16.5 Å². The third kappa shape index (κ3) is 4.56. The van der Waals surface area contributed by atoms with E-state index in [-0.39, 0.29) is 18.2 Å². The summed E-state index contributed by atoms with van der Waals surface area (Å²) >= 11 is 1.47. The Morgan fingerprint density at radius 2 is 2.14 bits per heavy atom. The molecule has 6 nitrogen and oxygen atoms in total. The van der Waals surface area contributed by atoms with Gasteiger partial charge in [-0.1, -0.05) is 12.1 Å². The quantitative estimate of drug-likeness (QED) is 0.324. The molecule has 2 heterocycles. The lowest BCUT2D eigenvalue weighted by Gasteiger charge is -2.17. The second-order valence-electron chi connectivity index (χ2n) is 6.82. The van der Waals surface area contributed by atoms with E-state index in [1.54, 1.807) is 13.2 Å². The topological polar surface area (TPSA) is 77.1 Å². The van der Waals surface area contributed by atoms with Gasteiger partial charge in [-0.15, -0.1) is 11.3 Å². The van der Waals surface area contributed by atoms with Gasteiger partial charge in [0.05, 0.1) is 22.9 Å². The molecule has 29 heavy (non-hydrogen) atoms. The second-order valence-corrected chi connectivity index (χ2v) is 7.94. The van der Waals surface area contributed by atoms with Crippen molar-refractivity contribution in [2.24, 2.45) is 0 Å². The lowest BCUT2D eigenvalue weighted by atomic mass is 10.1. The molecule has 3 rings (SSSR count). The molecule has 7 heteroatoms. The number of nitriles is 1. The number of esters is 1. The number of methoxy groups -OCH3 is 1. The molecule has 0 N–H and O–H groups in total. The Morgan fingerprint density at radius 1 is 1.38 bits per heavy atom. The number of rotatable bonds is 7. The molecule has 0 radical (unpaired) electrons. The molecule has 0 amide bonds. The molecule has 1 atom stereocenters. The Kier molecular flexibility index (Phi) is 6.47. The molecule has 150 valence electrons. The highest BCUT2D eigenvalue weighted by Gasteiger charge is 2.17. The van der Waals surface area contributed by atoms with Crippen LogP contribution in [0.4, 0.5) is 0 Å². The average molecular weight is 410 g/mol. The van der Waals surface area contributed by atoms with Crippen LogP contribution in [0.5, 0.6) is 0 Å². The van der Waals surface area contributed by atoms with Gasteiger partial charge in [-0.25, -0.2) is 9.78 Å². The van der Waals surface area contributed by atoms with Gasteiger partial charge in [-0.3, -0.25) is 0 Å². The summed E-state index contributed by atoms with van der Waals surface area (Å²) in [6.07, 6.45) is 1.58. The zero-order chi connectivity index (χ0) is 21.0. The molecule has 0 unspecified atom stereocenters. The van der Waals surface area contributed by atoms with E-state index in [9.17, 15) is 10.1 Å². The highest BCUT2D eigenvalue weighted by Crippen LogP contribution is 2.24. The van der Waals surface area contributed by atoms with Gasteiger partial charge in [0.1, 0.15) is 23.3 Å². The van der Waals surface area contributed by atoms with Crippen molar-refractivity contribution < 1.29 is 14.3 Å². The van der Waals surface area contributed by atoms with Crippen LogP contribution >= 0.6 is 11.3 Å². The number of hydrogen-bond donors (Lipinski definition) is 0. The first kappa shape index (κ1) is 20.8. The molecular weight excluding hydrogens is 386 g/mol. The molecule has 0 saturated heterocycles. The molecule has 0 aliphatic rings. The number of aryl methyl sites for hydroxylation is 1. The average Bonchev–Trinajstić information content (AvgIpc) is 3.24.